The van der Waals surface area contributed by atoms with Gasteiger partial charge >= 0.3 is 0 Å². The highest BCUT2D eigenvalue weighted by atomic mass is 79.9. The number of aromatic nitrogens is 6. The monoisotopic (exact) mass is 293 g/mol. The van der Waals surface area contributed by atoms with Crippen LogP contribution in [0, 0.1) is 6.92 Å². The highest BCUT2D eigenvalue weighted by Crippen LogP contribution is 2.19. The SMILES string of the molecule is Cc1cc(-n2cc(Br)c(N)n2)n2ncnc2n1. The molecule has 8 heteroatoms. The van der Waals surface area contributed by atoms with E-state index in [-0.39, 0.29) is 0 Å². The van der Waals surface area contributed by atoms with Gasteiger partial charge in [0.15, 0.2) is 11.6 Å². The van der Waals surface area contributed by atoms with Gasteiger partial charge in [-0.25, -0.2) is 9.67 Å². The van der Waals surface area contributed by atoms with Crippen LogP contribution >= 0.6 is 15.9 Å². The topological polar surface area (TPSA) is 86.9 Å². The van der Waals surface area contributed by atoms with Gasteiger partial charge in [-0.05, 0) is 22.9 Å². The summed E-state index contributed by atoms with van der Waals surface area (Å²) in [6.45, 7) is 1.89. The summed E-state index contributed by atoms with van der Waals surface area (Å²) in [4.78, 5) is 8.31. The lowest BCUT2D eigenvalue weighted by molar-refractivity contribution is 0.780. The highest BCUT2D eigenvalue weighted by molar-refractivity contribution is 9.10. The first-order valence-electron chi connectivity index (χ1n) is 4.83. The lowest BCUT2D eigenvalue weighted by atomic mass is 10.4. The van der Waals surface area contributed by atoms with Gasteiger partial charge in [0.25, 0.3) is 5.78 Å². The van der Waals surface area contributed by atoms with Crippen LogP contribution in [0.2, 0.25) is 0 Å². The Labute approximate surface area is 104 Å². The molecule has 3 aromatic heterocycles. The van der Waals surface area contributed by atoms with Crippen LogP contribution in [0.4, 0.5) is 5.82 Å². The van der Waals surface area contributed by atoms with Gasteiger partial charge in [0.05, 0.1) is 4.47 Å². The molecule has 0 aliphatic rings. The van der Waals surface area contributed by atoms with Crippen LogP contribution in [0.3, 0.4) is 0 Å². The minimum Gasteiger partial charge on any atom is -0.381 e. The van der Waals surface area contributed by atoms with Gasteiger partial charge in [-0.1, -0.05) is 0 Å². The molecule has 0 amide bonds. The Balaban J connectivity index is 2.32. The Hall–Kier alpha value is -1.96. The van der Waals surface area contributed by atoms with E-state index in [0.29, 0.717) is 11.6 Å². The second-order valence-corrected chi connectivity index (χ2v) is 4.39. The van der Waals surface area contributed by atoms with E-state index in [1.807, 2.05) is 13.0 Å². The van der Waals surface area contributed by atoms with Crippen LogP contribution in [0.1, 0.15) is 5.69 Å². The normalized spacial score (nSPS) is 11.2. The van der Waals surface area contributed by atoms with Crippen molar-refractivity contribution >= 4 is 27.5 Å². The molecule has 0 aliphatic heterocycles. The van der Waals surface area contributed by atoms with E-state index in [9.17, 15) is 0 Å². The van der Waals surface area contributed by atoms with E-state index in [4.69, 9.17) is 5.73 Å². The Morgan fingerprint density at radius 1 is 1.41 bits per heavy atom. The van der Waals surface area contributed by atoms with Crippen LogP contribution in [0.15, 0.2) is 23.1 Å². The lowest BCUT2D eigenvalue weighted by Crippen LogP contribution is -2.06. The molecule has 0 aliphatic carbocycles. The number of aryl methyl sites for hydroxylation is 1. The van der Waals surface area contributed by atoms with Crippen molar-refractivity contribution in [2.75, 3.05) is 5.73 Å². The van der Waals surface area contributed by atoms with E-state index in [1.54, 1.807) is 15.4 Å². The van der Waals surface area contributed by atoms with E-state index in [1.165, 1.54) is 6.33 Å². The first-order chi connectivity index (χ1) is 8.15. The maximum atomic E-state index is 5.70. The number of fused-ring (bicyclic) bond motifs is 1. The second-order valence-electron chi connectivity index (χ2n) is 3.53. The standard InChI is InChI=1S/C9H8BrN7/c1-5-2-7(16-3-6(10)8(11)15-16)17-9(14-5)12-4-13-17/h2-4H,1H3,(H2,11,15). The number of rotatable bonds is 1. The number of nitrogens with two attached hydrogens (primary N) is 1. The van der Waals surface area contributed by atoms with Gasteiger partial charge in [-0.2, -0.15) is 14.6 Å². The lowest BCUT2D eigenvalue weighted by Gasteiger charge is -2.04. The fourth-order valence-electron chi connectivity index (χ4n) is 1.56. The average Bonchev–Trinajstić information content (AvgIpc) is 2.85. The van der Waals surface area contributed by atoms with Gasteiger partial charge in [0.1, 0.15) is 6.33 Å². The number of hydrogen-bond donors (Lipinski definition) is 1. The van der Waals surface area contributed by atoms with E-state index in [0.717, 1.165) is 16.0 Å². The van der Waals surface area contributed by atoms with Crippen molar-refractivity contribution in [2.24, 2.45) is 0 Å². The maximum Gasteiger partial charge on any atom is 0.254 e. The smallest absolute Gasteiger partial charge is 0.254 e. The van der Waals surface area contributed by atoms with Gasteiger partial charge in [0, 0.05) is 18.0 Å². The van der Waals surface area contributed by atoms with Crippen molar-refractivity contribution in [3.63, 3.8) is 0 Å². The minimum absolute atomic E-state index is 0.424. The molecule has 3 rings (SSSR count). The highest BCUT2D eigenvalue weighted by Gasteiger charge is 2.10. The predicted molar refractivity (Wildman–Crippen MR) is 64.8 cm³/mol. The van der Waals surface area contributed by atoms with Crippen LogP contribution in [-0.4, -0.2) is 29.4 Å². The quantitative estimate of drug-likeness (QED) is 0.722. The van der Waals surface area contributed by atoms with Gasteiger partial charge in [0.2, 0.25) is 0 Å². The van der Waals surface area contributed by atoms with Crippen molar-refractivity contribution < 1.29 is 0 Å². The molecule has 0 spiro atoms. The third-order valence-electron chi connectivity index (χ3n) is 2.29. The molecule has 0 fully saturated rings. The molecule has 0 bridgehead atoms. The fraction of sp³-hybridized carbons (Fsp3) is 0.111. The molecular formula is C9H8BrN7. The predicted octanol–water partition coefficient (Wildman–Crippen LogP) is 0.963. The summed E-state index contributed by atoms with van der Waals surface area (Å²) in [7, 11) is 0. The number of halogens is 1. The van der Waals surface area contributed by atoms with E-state index < -0.39 is 0 Å². The van der Waals surface area contributed by atoms with Crippen LogP contribution in [0.25, 0.3) is 11.6 Å². The Bertz CT molecular complexity index is 679. The van der Waals surface area contributed by atoms with Crippen molar-refractivity contribution in [3.8, 4) is 5.82 Å². The zero-order valence-corrected chi connectivity index (χ0v) is 10.5. The maximum absolute atomic E-state index is 5.70. The zero-order valence-electron chi connectivity index (χ0n) is 8.87. The molecule has 2 N–H and O–H groups in total. The molecule has 17 heavy (non-hydrogen) atoms. The molecule has 0 saturated heterocycles. The van der Waals surface area contributed by atoms with Gasteiger partial charge in [-0.3, -0.25) is 0 Å². The molecule has 0 atom stereocenters. The molecule has 3 heterocycles. The van der Waals surface area contributed by atoms with E-state index in [2.05, 4.69) is 36.1 Å². The van der Waals surface area contributed by atoms with Gasteiger partial charge in [-0.15, -0.1) is 5.10 Å². The van der Waals surface area contributed by atoms with Crippen molar-refractivity contribution in [1.29, 1.82) is 0 Å². The first kappa shape index (κ1) is 10.2. The van der Waals surface area contributed by atoms with E-state index >= 15 is 0 Å². The van der Waals surface area contributed by atoms with Crippen molar-refractivity contribution in [3.05, 3.63) is 28.8 Å². The van der Waals surface area contributed by atoms with Crippen LogP contribution in [0.5, 0.6) is 0 Å². The number of nitrogen functional groups attached to an aromatic ring is 1. The van der Waals surface area contributed by atoms with Crippen molar-refractivity contribution in [1.82, 2.24) is 29.4 Å². The third-order valence-corrected chi connectivity index (χ3v) is 2.90. The molecule has 0 aromatic carbocycles. The Morgan fingerprint density at radius 2 is 2.24 bits per heavy atom. The summed E-state index contributed by atoms with van der Waals surface area (Å²) < 4.78 is 3.97. The van der Waals surface area contributed by atoms with Crippen LogP contribution in [-0.2, 0) is 0 Å². The molecule has 86 valence electrons. The molecule has 0 radical (unpaired) electrons. The molecule has 0 unspecified atom stereocenters. The third kappa shape index (κ3) is 1.57. The summed E-state index contributed by atoms with van der Waals surface area (Å²) in [6.07, 6.45) is 3.22. The summed E-state index contributed by atoms with van der Waals surface area (Å²) in [5, 5.41) is 8.28. The Kier molecular flexibility index (Phi) is 2.11. The fourth-order valence-corrected chi connectivity index (χ4v) is 1.83. The first-order valence-corrected chi connectivity index (χ1v) is 5.63. The van der Waals surface area contributed by atoms with Gasteiger partial charge < -0.3 is 5.73 Å². The summed E-state index contributed by atoms with van der Waals surface area (Å²) in [6, 6.07) is 1.86. The average molecular weight is 294 g/mol. The molecule has 7 nitrogen and oxygen atoms in total. The zero-order chi connectivity index (χ0) is 12.0. The van der Waals surface area contributed by atoms with Crippen LogP contribution < -0.4 is 5.73 Å². The Morgan fingerprint density at radius 3 is 2.94 bits per heavy atom. The number of hydrogen-bond acceptors (Lipinski definition) is 5. The second kappa shape index (κ2) is 3.52. The molecule has 0 saturated carbocycles. The number of anilines is 1. The number of nitrogens with zero attached hydrogens (tertiary/aromatic N) is 6. The molecule has 3 aromatic rings. The minimum atomic E-state index is 0.424. The summed E-state index contributed by atoms with van der Waals surface area (Å²) in [5.74, 6) is 1.69. The largest absolute Gasteiger partial charge is 0.381 e. The van der Waals surface area contributed by atoms with Crippen molar-refractivity contribution in [2.45, 2.75) is 6.92 Å². The molecular weight excluding hydrogens is 286 g/mol. The summed E-state index contributed by atoms with van der Waals surface area (Å²) in [5.41, 5.74) is 6.53. The summed E-state index contributed by atoms with van der Waals surface area (Å²) >= 11 is 3.32.